The minimum absolute atomic E-state index is 0.216. The van der Waals surface area contributed by atoms with E-state index in [1.54, 1.807) is 6.08 Å². The van der Waals surface area contributed by atoms with Gasteiger partial charge < -0.3 is 40.3 Å². The largest absolute Gasteiger partial charge is 0.394 e. The molecule has 6 N–H and O–H groups in total. The highest BCUT2D eigenvalue weighted by atomic mass is 16.7. The molecule has 9 heteroatoms. The molecular formula is C42H73NO8. The molecule has 0 aromatic carbocycles. The summed E-state index contributed by atoms with van der Waals surface area (Å²) in [4.78, 5) is 12.9. The standard InChI is InChI=1S/C42H73NO8/c1-3-5-7-9-11-13-15-17-18-20-21-23-25-27-29-31-36(45)35(34-50-42-41(49)40(48)39(47)37(33-44)51-42)43-38(46)32-30-28-26-24-22-19-16-14-12-10-8-6-4-2/h6,8,12,14,19,21-23,29,31,35-37,39-42,44-45,47-49H,3-5,7,9-11,13,15-18,20,24-28,30,32-34H2,1-2H3,(H,43,46)/b8-6-,14-12-,22-19-,23-21+,31-29+. The van der Waals surface area contributed by atoms with Gasteiger partial charge in [0.1, 0.15) is 24.4 Å². The van der Waals surface area contributed by atoms with E-state index in [1.165, 1.54) is 57.8 Å². The first-order chi connectivity index (χ1) is 24.8. The smallest absolute Gasteiger partial charge is 0.220 e. The van der Waals surface area contributed by atoms with Crippen molar-refractivity contribution in [2.45, 2.75) is 185 Å². The predicted molar refractivity (Wildman–Crippen MR) is 207 cm³/mol. The maximum absolute atomic E-state index is 12.9. The number of carbonyl (C=O) groups is 1. The van der Waals surface area contributed by atoms with Crippen molar-refractivity contribution in [3.05, 3.63) is 60.8 Å². The molecule has 0 spiro atoms. The topological polar surface area (TPSA) is 149 Å². The van der Waals surface area contributed by atoms with E-state index in [4.69, 9.17) is 9.47 Å². The van der Waals surface area contributed by atoms with Gasteiger partial charge in [0.05, 0.1) is 25.4 Å². The van der Waals surface area contributed by atoms with Crippen LogP contribution in [0.3, 0.4) is 0 Å². The second kappa shape index (κ2) is 32.5. The third-order valence-corrected chi connectivity index (χ3v) is 9.08. The number of hydrogen-bond acceptors (Lipinski definition) is 8. The molecule has 0 bridgehead atoms. The van der Waals surface area contributed by atoms with Crippen LogP contribution in [0.5, 0.6) is 0 Å². The Morgan fingerprint density at radius 2 is 1.24 bits per heavy atom. The van der Waals surface area contributed by atoms with E-state index in [2.05, 4.69) is 67.8 Å². The van der Waals surface area contributed by atoms with Gasteiger partial charge in [0.2, 0.25) is 5.91 Å². The molecule has 1 rings (SSSR count). The first-order valence-corrected chi connectivity index (χ1v) is 20.0. The van der Waals surface area contributed by atoms with Gasteiger partial charge in [-0.1, -0.05) is 132 Å². The first kappa shape index (κ1) is 46.9. The highest BCUT2D eigenvalue weighted by Gasteiger charge is 2.44. The van der Waals surface area contributed by atoms with Gasteiger partial charge in [0, 0.05) is 6.42 Å². The molecule has 294 valence electrons. The van der Waals surface area contributed by atoms with Gasteiger partial charge in [-0.15, -0.1) is 0 Å². The molecule has 1 aliphatic heterocycles. The lowest BCUT2D eigenvalue weighted by molar-refractivity contribution is -0.302. The molecular weight excluding hydrogens is 646 g/mol. The molecule has 51 heavy (non-hydrogen) atoms. The van der Waals surface area contributed by atoms with Gasteiger partial charge in [-0.2, -0.15) is 0 Å². The zero-order chi connectivity index (χ0) is 37.4. The van der Waals surface area contributed by atoms with Crippen LogP contribution in [0.1, 0.15) is 142 Å². The third-order valence-electron chi connectivity index (χ3n) is 9.08. The summed E-state index contributed by atoms with van der Waals surface area (Å²) in [5.74, 6) is -0.220. The maximum atomic E-state index is 12.9. The zero-order valence-corrected chi connectivity index (χ0v) is 31.8. The fraction of sp³-hybridized carbons (Fsp3) is 0.738. The summed E-state index contributed by atoms with van der Waals surface area (Å²) in [6, 6.07) is -0.836. The number of carbonyl (C=O) groups excluding carboxylic acids is 1. The van der Waals surface area contributed by atoms with E-state index < -0.39 is 49.5 Å². The summed E-state index contributed by atoms with van der Waals surface area (Å²) in [5, 5.41) is 53.9. The van der Waals surface area contributed by atoms with E-state index in [-0.39, 0.29) is 12.5 Å². The average Bonchev–Trinajstić information content (AvgIpc) is 3.13. The number of unbranched alkanes of at least 4 members (excludes halogenated alkanes) is 13. The van der Waals surface area contributed by atoms with Gasteiger partial charge in [0.15, 0.2) is 6.29 Å². The number of hydrogen-bond donors (Lipinski definition) is 6. The molecule has 1 heterocycles. The highest BCUT2D eigenvalue weighted by Crippen LogP contribution is 2.22. The third kappa shape index (κ3) is 24.0. The summed E-state index contributed by atoms with van der Waals surface area (Å²) in [7, 11) is 0. The van der Waals surface area contributed by atoms with Gasteiger partial charge in [0.25, 0.3) is 0 Å². The van der Waals surface area contributed by atoms with Crippen molar-refractivity contribution >= 4 is 5.91 Å². The number of ether oxygens (including phenoxy) is 2. The van der Waals surface area contributed by atoms with Gasteiger partial charge in [-0.25, -0.2) is 0 Å². The SMILES string of the molecule is CC/C=C\C/C=C\C/C=C\CCCCCC(=O)NC(COC1OC(CO)C(O)C(O)C1O)C(O)/C=C/CC/C=C/CCCCCCCCCCC. The zero-order valence-electron chi connectivity index (χ0n) is 31.8. The number of amides is 1. The molecule has 0 aliphatic carbocycles. The van der Waals surface area contributed by atoms with Crippen LogP contribution in [0.4, 0.5) is 0 Å². The van der Waals surface area contributed by atoms with E-state index in [0.717, 1.165) is 57.8 Å². The van der Waals surface area contributed by atoms with E-state index in [9.17, 15) is 30.3 Å². The van der Waals surface area contributed by atoms with Crippen LogP contribution in [0.15, 0.2) is 60.8 Å². The fourth-order valence-electron chi connectivity index (χ4n) is 5.83. The minimum Gasteiger partial charge on any atom is -0.394 e. The molecule has 9 nitrogen and oxygen atoms in total. The molecule has 0 saturated carbocycles. The molecule has 7 atom stereocenters. The van der Waals surface area contributed by atoms with Crippen molar-refractivity contribution < 1.29 is 39.8 Å². The van der Waals surface area contributed by atoms with E-state index in [1.807, 2.05) is 6.08 Å². The number of allylic oxidation sites excluding steroid dienone is 9. The van der Waals surface area contributed by atoms with Crippen molar-refractivity contribution in [3.8, 4) is 0 Å². The van der Waals surface area contributed by atoms with Crippen molar-refractivity contribution in [1.82, 2.24) is 5.32 Å². The summed E-state index contributed by atoms with van der Waals surface area (Å²) in [6.45, 7) is 3.58. The van der Waals surface area contributed by atoms with Crippen LogP contribution in [-0.2, 0) is 14.3 Å². The predicted octanol–water partition coefficient (Wildman–Crippen LogP) is 7.27. The number of aliphatic hydroxyl groups is 5. The van der Waals surface area contributed by atoms with Crippen LogP contribution in [-0.4, -0.2) is 87.5 Å². The highest BCUT2D eigenvalue weighted by molar-refractivity contribution is 5.76. The van der Waals surface area contributed by atoms with E-state index >= 15 is 0 Å². The Balaban J connectivity index is 2.50. The molecule has 1 aliphatic rings. The molecule has 1 fully saturated rings. The summed E-state index contributed by atoms with van der Waals surface area (Å²) < 4.78 is 11.1. The van der Waals surface area contributed by atoms with Crippen LogP contribution in [0, 0.1) is 0 Å². The molecule has 0 radical (unpaired) electrons. The second-order valence-electron chi connectivity index (χ2n) is 13.7. The lowest BCUT2D eigenvalue weighted by atomic mass is 9.99. The van der Waals surface area contributed by atoms with Gasteiger partial charge >= 0.3 is 0 Å². The quantitative estimate of drug-likeness (QED) is 0.0324. The minimum atomic E-state index is -1.58. The molecule has 1 saturated heterocycles. The Bertz CT molecular complexity index is 978. The number of rotatable bonds is 31. The van der Waals surface area contributed by atoms with Crippen molar-refractivity contribution in [2.75, 3.05) is 13.2 Å². The van der Waals surface area contributed by atoms with Crippen LogP contribution < -0.4 is 5.32 Å². The van der Waals surface area contributed by atoms with Crippen LogP contribution in [0.2, 0.25) is 0 Å². The van der Waals surface area contributed by atoms with Crippen molar-refractivity contribution in [2.24, 2.45) is 0 Å². The lowest BCUT2D eigenvalue weighted by Crippen LogP contribution is -2.60. The molecule has 0 aromatic heterocycles. The van der Waals surface area contributed by atoms with Gasteiger partial charge in [-0.3, -0.25) is 4.79 Å². The number of aliphatic hydroxyl groups excluding tert-OH is 5. The Morgan fingerprint density at radius 3 is 1.88 bits per heavy atom. The molecule has 0 aromatic rings. The summed E-state index contributed by atoms with van der Waals surface area (Å²) in [5.41, 5.74) is 0. The Morgan fingerprint density at radius 1 is 0.686 bits per heavy atom. The average molecular weight is 720 g/mol. The Labute approximate surface area is 309 Å². The normalized spacial score (nSPS) is 22.7. The Kier molecular flexibility index (Phi) is 29.9. The van der Waals surface area contributed by atoms with Crippen molar-refractivity contribution in [1.29, 1.82) is 0 Å². The lowest BCUT2D eigenvalue weighted by Gasteiger charge is -2.40. The fourth-order valence-corrected chi connectivity index (χ4v) is 5.83. The van der Waals surface area contributed by atoms with Crippen LogP contribution >= 0.6 is 0 Å². The van der Waals surface area contributed by atoms with Gasteiger partial charge in [-0.05, 0) is 64.2 Å². The molecule has 7 unspecified atom stereocenters. The van der Waals surface area contributed by atoms with Crippen LogP contribution in [0.25, 0.3) is 0 Å². The maximum Gasteiger partial charge on any atom is 0.220 e. The Hall–Kier alpha value is -2.11. The monoisotopic (exact) mass is 720 g/mol. The number of nitrogens with one attached hydrogen (secondary N) is 1. The molecule has 1 amide bonds. The summed E-state index contributed by atoms with van der Waals surface area (Å²) >= 11 is 0. The van der Waals surface area contributed by atoms with E-state index in [0.29, 0.717) is 12.8 Å². The van der Waals surface area contributed by atoms with Crippen molar-refractivity contribution in [3.63, 3.8) is 0 Å². The second-order valence-corrected chi connectivity index (χ2v) is 13.7. The first-order valence-electron chi connectivity index (χ1n) is 20.0. The summed E-state index contributed by atoms with van der Waals surface area (Å²) in [6.07, 6.45) is 34.1.